The maximum absolute atomic E-state index is 12.5. The van der Waals surface area contributed by atoms with Gasteiger partial charge in [-0.3, -0.25) is 14.0 Å². The molecular formula is C22H17N3O3S. The largest absolute Gasteiger partial charge is 0.497 e. The number of nitrogens with one attached hydrogen (secondary N) is 1. The lowest BCUT2D eigenvalue weighted by Gasteiger charge is -2.07. The Morgan fingerprint density at radius 3 is 2.38 bits per heavy atom. The summed E-state index contributed by atoms with van der Waals surface area (Å²) in [6.45, 7) is 0. The molecule has 0 fully saturated rings. The average Bonchev–Trinajstić information content (AvgIpc) is 2.76. The van der Waals surface area contributed by atoms with Crippen LogP contribution in [0, 0.1) is 0 Å². The molecule has 0 aliphatic rings. The minimum absolute atomic E-state index is 0.00890. The minimum Gasteiger partial charge on any atom is -0.497 e. The van der Waals surface area contributed by atoms with E-state index < -0.39 is 11.5 Å². The van der Waals surface area contributed by atoms with Crippen LogP contribution in [0.5, 0.6) is 5.75 Å². The summed E-state index contributed by atoms with van der Waals surface area (Å²) in [5.41, 5.74) is 0.686. The van der Waals surface area contributed by atoms with Crippen LogP contribution in [0.2, 0.25) is 0 Å². The highest BCUT2D eigenvalue weighted by Crippen LogP contribution is 2.29. The molecule has 2 aromatic heterocycles. The summed E-state index contributed by atoms with van der Waals surface area (Å²) in [6.07, 6.45) is 2.90. The molecule has 2 heterocycles. The van der Waals surface area contributed by atoms with Gasteiger partial charge in [-0.1, -0.05) is 17.8 Å². The van der Waals surface area contributed by atoms with Crippen molar-refractivity contribution in [1.82, 2.24) is 9.38 Å². The van der Waals surface area contributed by atoms with E-state index in [1.807, 2.05) is 36.4 Å². The third-order valence-corrected chi connectivity index (χ3v) is 5.28. The molecule has 2 aromatic carbocycles. The van der Waals surface area contributed by atoms with E-state index in [-0.39, 0.29) is 5.56 Å². The number of carbonyl (C=O) groups excluding carboxylic acids is 1. The van der Waals surface area contributed by atoms with E-state index in [9.17, 15) is 9.59 Å². The van der Waals surface area contributed by atoms with Crippen molar-refractivity contribution in [3.8, 4) is 5.75 Å². The first-order chi connectivity index (χ1) is 14.1. The molecule has 7 heteroatoms. The van der Waals surface area contributed by atoms with Crippen LogP contribution in [0.4, 0.5) is 5.69 Å². The van der Waals surface area contributed by atoms with E-state index in [2.05, 4.69) is 10.3 Å². The van der Waals surface area contributed by atoms with Crippen LogP contribution >= 0.6 is 11.8 Å². The van der Waals surface area contributed by atoms with Gasteiger partial charge in [-0.25, -0.2) is 4.98 Å². The molecule has 0 radical (unpaired) electrons. The zero-order chi connectivity index (χ0) is 20.2. The Balaban J connectivity index is 1.47. The second-order valence-electron chi connectivity index (χ2n) is 6.16. The number of hydrogen-bond acceptors (Lipinski definition) is 5. The number of anilines is 1. The number of carbonyl (C=O) groups is 1. The Morgan fingerprint density at radius 2 is 1.69 bits per heavy atom. The Labute approximate surface area is 171 Å². The molecule has 0 spiro atoms. The molecule has 29 heavy (non-hydrogen) atoms. The van der Waals surface area contributed by atoms with Crippen LogP contribution in [-0.4, -0.2) is 22.4 Å². The van der Waals surface area contributed by atoms with Gasteiger partial charge in [0.2, 0.25) is 0 Å². The van der Waals surface area contributed by atoms with Gasteiger partial charge in [-0.15, -0.1) is 0 Å². The van der Waals surface area contributed by atoms with Gasteiger partial charge in [0.25, 0.3) is 11.5 Å². The van der Waals surface area contributed by atoms with Crippen LogP contribution in [-0.2, 0) is 0 Å². The quantitative estimate of drug-likeness (QED) is 0.543. The lowest BCUT2D eigenvalue weighted by Crippen LogP contribution is -2.26. The smallest absolute Gasteiger partial charge is 0.270 e. The number of benzene rings is 2. The summed E-state index contributed by atoms with van der Waals surface area (Å²) in [5, 5.41) is 2.75. The molecule has 4 rings (SSSR count). The third-order valence-electron chi connectivity index (χ3n) is 4.27. The fourth-order valence-electron chi connectivity index (χ4n) is 2.77. The first-order valence-electron chi connectivity index (χ1n) is 8.84. The van der Waals surface area contributed by atoms with E-state index in [4.69, 9.17) is 4.74 Å². The van der Waals surface area contributed by atoms with Gasteiger partial charge >= 0.3 is 0 Å². The SMILES string of the molecule is COc1ccc(Sc2ccc(NC(=O)c3cnc4ccccn4c3=O)cc2)cc1. The van der Waals surface area contributed by atoms with Crippen molar-refractivity contribution in [3.63, 3.8) is 0 Å². The highest BCUT2D eigenvalue weighted by atomic mass is 32.2. The number of ether oxygens (including phenoxy) is 1. The number of hydrogen-bond donors (Lipinski definition) is 1. The van der Waals surface area contributed by atoms with E-state index in [1.54, 1.807) is 55.4 Å². The van der Waals surface area contributed by atoms with Crippen molar-refractivity contribution in [3.05, 3.63) is 95.0 Å². The number of nitrogens with zero attached hydrogens (tertiary/aromatic N) is 2. The molecule has 0 unspecified atom stereocenters. The summed E-state index contributed by atoms with van der Waals surface area (Å²) < 4.78 is 6.51. The van der Waals surface area contributed by atoms with Gasteiger partial charge in [0.05, 0.1) is 7.11 Å². The molecule has 6 nitrogen and oxygen atoms in total. The lowest BCUT2D eigenvalue weighted by atomic mass is 10.2. The topological polar surface area (TPSA) is 72.7 Å². The van der Waals surface area contributed by atoms with Gasteiger partial charge in [0.15, 0.2) is 0 Å². The number of rotatable bonds is 5. The molecule has 4 aromatic rings. The van der Waals surface area contributed by atoms with Gasteiger partial charge in [0, 0.05) is 27.9 Å². The summed E-state index contributed by atoms with van der Waals surface area (Å²) in [5.74, 6) is 0.322. The molecule has 0 aliphatic heterocycles. The molecular weight excluding hydrogens is 386 g/mol. The second kappa shape index (κ2) is 8.20. The van der Waals surface area contributed by atoms with Crippen LogP contribution in [0.3, 0.4) is 0 Å². The van der Waals surface area contributed by atoms with E-state index >= 15 is 0 Å². The molecule has 144 valence electrons. The molecule has 0 aliphatic carbocycles. The summed E-state index contributed by atoms with van der Waals surface area (Å²) in [6, 6.07) is 20.4. The van der Waals surface area contributed by atoms with Crippen molar-refractivity contribution < 1.29 is 9.53 Å². The standard InChI is InChI=1S/C22H17N3O3S/c1-28-16-7-11-18(12-8-16)29-17-9-5-15(6-10-17)24-21(26)19-14-23-20-4-2-3-13-25(20)22(19)27/h2-14H,1H3,(H,24,26). The maximum Gasteiger partial charge on any atom is 0.270 e. The van der Waals surface area contributed by atoms with Crippen LogP contribution < -0.4 is 15.6 Å². The normalized spacial score (nSPS) is 10.7. The van der Waals surface area contributed by atoms with Gasteiger partial charge in [0.1, 0.15) is 17.0 Å². The Kier molecular flexibility index (Phi) is 5.31. The van der Waals surface area contributed by atoms with Crippen LogP contribution in [0.1, 0.15) is 10.4 Å². The maximum atomic E-state index is 12.5. The van der Waals surface area contributed by atoms with Crippen molar-refractivity contribution >= 4 is 29.0 Å². The third kappa shape index (κ3) is 4.14. The number of fused-ring (bicyclic) bond motifs is 1. The number of aromatic nitrogens is 2. The van der Waals surface area contributed by atoms with Crippen molar-refractivity contribution in [2.45, 2.75) is 9.79 Å². The molecule has 0 atom stereocenters. The van der Waals surface area contributed by atoms with Gasteiger partial charge in [-0.2, -0.15) is 0 Å². The predicted molar refractivity (Wildman–Crippen MR) is 113 cm³/mol. The summed E-state index contributed by atoms with van der Waals surface area (Å²) in [7, 11) is 1.64. The molecule has 1 amide bonds. The first-order valence-corrected chi connectivity index (χ1v) is 9.65. The highest BCUT2D eigenvalue weighted by molar-refractivity contribution is 7.99. The first kappa shape index (κ1) is 18.8. The van der Waals surface area contributed by atoms with E-state index in [0.717, 1.165) is 15.5 Å². The Morgan fingerprint density at radius 1 is 1.00 bits per heavy atom. The highest BCUT2D eigenvalue weighted by Gasteiger charge is 2.13. The van der Waals surface area contributed by atoms with E-state index in [0.29, 0.717) is 11.3 Å². The van der Waals surface area contributed by atoms with Crippen LogP contribution in [0.25, 0.3) is 5.65 Å². The fraction of sp³-hybridized carbons (Fsp3) is 0.0455. The Hall–Kier alpha value is -3.58. The minimum atomic E-state index is -0.490. The Bertz CT molecular complexity index is 1220. The predicted octanol–water partition coefficient (Wildman–Crippen LogP) is 4.11. The second-order valence-corrected chi connectivity index (χ2v) is 7.31. The summed E-state index contributed by atoms with van der Waals surface area (Å²) in [4.78, 5) is 31.3. The fourth-order valence-corrected chi connectivity index (χ4v) is 3.58. The molecule has 0 saturated heterocycles. The molecule has 1 N–H and O–H groups in total. The lowest BCUT2D eigenvalue weighted by molar-refractivity contribution is 0.102. The van der Waals surface area contributed by atoms with Gasteiger partial charge in [-0.05, 0) is 60.7 Å². The summed E-state index contributed by atoms with van der Waals surface area (Å²) >= 11 is 1.60. The zero-order valence-corrected chi connectivity index (χ0v) is 16.3. The van der Waals surface area contributed by atoms with Crippen molar-refractivity contribution in [1.29, 1.82) is 0 Å². The van der Waals surface area contributed by atoms with Crippen molar-refractivity contribution in [2.24, 2.45) is 0 Å². The van der Waals surface area contributed by atoms with Crippen molar-refractivity contribution in [2.75, 3.05) is 12.4 Å². The number of amides is 1. The van der Waals surface area contributed by atoms with Crippen LogP contribution in [0.15, 0.2) is 93.7 Å². The zero-order valence-electron chi connectivity index (χ0n) is 15.5. The molecule has 0 saturated carbocycles. The van der Waals surface area contributed by atoms with Gasteiger partial charge < -0.3 is 10.1 Å². The molecule has 0 bridgehead atoms. The number of pyridine rings is 1. The monoisotopic (exact) mass is 403 g/mol. The van der Waals surface area contributed by atoms with E-state index in [1.165, 1.54) is 10.6 Å². The average molecular weight is 403 g/mol. The number of methoxy groups -OCH3 is 1.